The number of phosphoric acid groups is 1. The molecule has 4 aliphatic rings. The van der Waals surface area contributed by atoms with Crippen molar-refractivity contribution < 1.29 is 46.7 Å². The lowest BCUT2D eigenvalue weighted by Gasteiger charge is -2.26. The number of nitrogens with one attached hydrogen (secondary N) is 1. The van der Waals surface area contributed by atoms with Crippen LogP contribution in [0.1, 0.15) is 12.6 Å². The van der Waals surface area contributed by atoms with E-state index in [1.807, 2.05) is 0 Å². The van der Waals surface area contributed by atoms with Crippen LogP contribution in [-0.4, -0.2) is 99.9 Å². The van der Waals surface area contributed by atoms with Gasteiger partial charge in [-0.2, -0.15) is 4.98 Å². The second-order valence-corrected chi connectivity index (χ2v) is 13.7. The van der Waals surface area contributed by atoms with Crippen LogP contribution in [0.5, 0.6) is 0 Å². The highest BCUT2D eigenvalue weighted by Crippen LogP contribution is 2.67. The number of aliphatic hydroxyl groups excluding tert-OH is 1. The predicted octanol–water partition coefficient (Wildman–Crippen LogP) is -0.683. The molecule has 2 aliphatic carbocycles. The largest absolute Gasteiger partial charge is 0.697 e. The van der Waals surface area contributed by atoms with Gasteiger partial charge in [0.2, 0.25) is 5.95 Å². The minimum atomic E-state index is -4.90. The number of aromatic amines is 1. The predicted molar refractivity (Wildman–Crippen MR) is 152 cm³/mol. The van der Waals surface area contributed by atoms with E-state index >= 15 is 0 Å². The van der Waals surface area contributed by atoms with E-state index in [9.17, 15) is 23.9 Å². The van der Waals surface area contributed by atoms with Gasteiger partial charge < -0.3 is 35.5 Å². The monoisotopic (exact) mass is 681 g/mol. The molecule has 46 heavy (non-hydrogen) atoms. The highest BCUT2D eigenvalue weighted by molar-refractivity contribution is 7.47. The minimum absolute atomic E-state index is 0.00685. The van der Waals surface area contributed by atoms with Crippen molar-refractivity contribution in [1.82, 2.24) is 39.0 Å². The van der Waals surface area contributed by atoms with Crippen molar-refractivity contribution in [3.8, 4) is 0 Å². The van der Waals surface area contributed by atoms with Crippen molar-refractivity contribution in [1.29, 1.82) is 0 Å². The molecule has 23 heteroatoms. The third-order valence-corrected chi connectivity index (χ3v) is 10.9. The molecule has 0 aromatic carbocycles. The fraction of sp³-hybridized carbons (Fsp3) is 0.565. The van der Waals surface area contributed by atoms with Crippen molar-refractivity contribution in [2.75, 3.05) is 31.8 Å². The normalized spacial score (nSPS) is 38.6. The minimum Gasteiger partial charge on any atom is -0.388 e. The van der Waals surface area contributed by atoms with Crippen LogP contribution >= 0.6 is 16.1 Å². The Morgan fingerprint density at radius 3 is 2.76 bits per heavy atom. The highest BCUT2D eigenvalue weighted by atomic mass is 31.2. The van der Waals surface area contributed by atoms with Crippen LogP contribution in [0, 0.1) is 11.8 Å². The van der Waals surface area contributed by atoms with Gasteiger partial charge in [-0.1, -0.05) is 0 Å². The molecule has 2 aliphatic heterocycles. The van der Waals surface area contributed by atoms with E-state index in [2.05, 4.69) is 29.9 Å². The Morgan fingerprint density at radius 1 is 1.15 bits per heavy atom. The molecule has 2 saturated heterocycles. The summed E-state index contributed by atoms with van der Waals surface area (Å²) in [5.41, 5.74) is 10.7. The molecular weight excluding hydrogens is 654 g/mol. The van der Waals surface area contributed by atoms with Gasteiger partial charge in [-0.05, 0) is 12.3 Å². The summed E-state index contributed by atoms with van der Waals surface area (Å²) in [6, 6.07) is 0. The van der Waals surface area contributed by atoms with Crippen LogP contribution in [0.4, 0.5) is 11.8 Å². The highest BCUT2D eigenvalue weighted by Gasteiger charge is 2.75. The number of rotatable bonds is 3. The van der Waals surface area contributed by atoms with Gasteiger partial charge in [0.25, 0.3) is 5.56 Å². The van der Waals surface area contributed by atoms with Crippen molar-refractivity contribution in [3.63, 3.8) is 0 Å². The molecule has 0 radical (unpaired) electrons. The number of H-pyrrole nitrogens is 1. The van der Waals surface area contributed by atoms with Crippen molar-refractivity contribution in [3.05, 3.63) is 29.3 Å². The second-order valence-electron chi connectivity index (χ2n) is 11.4. The number of hydrogen-bond donors (Lipinski definition) is 5. The molecule has 4 fully saturated rings. The van der Waals surface area contributed by atoms with Gasteiger partial charge in [-0.15, -0.1) is 9.05 Å². The third-order valence-electron chi connectivity index (χ3n) is 9.12. The van der Waals surface area contributed by atoms with Gasteiger partial charge in [-0.3, -0.25) is 23.4 Å². The lowest BCUT2D eigenvalue weighted by atomic mass is 10.0. The molecule has 8 rings (SSSR count). The summed E-state index contributed by atoms with van der Waals surface area (Å²) in [6.45, 7) is -0.816. The molecule has 7 N–H and O–H groups in total. The van der Waals surface area contributed by atoms with Crippen LogP contribution in [0.15, 0.2) is 23.8 Å². The molecule has 2 saturated carbocycles. The molecule has 11 atom stereocenters. The zero-order chi connectivity index (χ0) is 32.1. The SMILES string of the molecule is CO[C@H]1[C@H]2OP(=O)(O)OC[C@@H]3[C@@H](O[P+](=O)OC[C@H]1O[C@H]2n1cnc2c(=O)[nH]c(N)nc21)[C@@H](O)C1(n2cnc4c(N)ncnc42)C[C@@H]31. The topological polar surface area (TPSA) is 289 Å². The number of imidazole rings is 2. The van der Waals surface area contributed by atoms with E-state index < -0.39 is 76.4 Å². The standard InChI is InChI=1S/C23H26N10O11P2/c1-39-14-10-4-40-45(36)43-13-8(9-2-23(9,16(13)34)33-7-29-11-17(24)26-5-27-18(11)33)3-41-46(37,38)44-15(14)21(42-10)32-6-28-12-19(32)30-22(25)31-20(12)35/h5-10,13-16,21,34H,2-4H2,1H3,(H5-,24,25,26,27,30,31,35,37,38)/p+1/t8-,9-,10+,13+,14+,15+,16+,21+,23?/m0/s1. The summed E-state index contributed by atoms with van der Waals surface area (Å²) in [4.78, 5) is 46.5. The smallest absolute Gasteiger partial charge is 0.388 e. The number of nitrogens with two attached hydrogens (primary N) is 2. The molecule has 244 valence electrons. The second kappa shape index (κ2) is 10.5. The summed E-state index contributed by atoms with van der Waals surface area (Å²) in [5, 5.41) is 11.6. The summed E-state index contributed by atoms with van der Waals surface area (Å²) < 4.78 is 63.8. The maximum Gasteiger partial charge on any atom is 0.697 e. The number of nitrogens with zero attached hydrogens (tertiary/aromatic N) is 7. The summed E-state index contributed by atoms with van der Waals surface area (Å²) in [6.07, 6.45) is -2.73. The molecular formula is C23H27N10O11P2+. The Labute approximate surface area is 257 Å². The van der Waals surface area contributed by atoms with Crippen LogP contribution in [0.25, 0.3) is 22.3 Å². The van der Waals surface area contributed by atoms with E-state index in [0.717, 1.165) is 0 Å². The Kier molecular flexibility index (Phi) is 6.83. The van der Waals surface area contributed by atoms with Gasteiger partial charge in [-0.25, -0.2) is 24.5 Å². The van der Waals surface area contributed by atoms with E-state index in [-0.39, 0.29) is 35.5 Å². The van der Waals surface area contributed by atoms with E-state index in [4.69, 9.17) is 39.0 Å². The average Bonchev–Trinajstić information content (AvgIpc) is 3.30. The fourth-order valence-electron chi connectivity index (χ4n) is 7.05. The fourth-order valence-corrected chi connectivity index (χ4v) is 8.80. The Bertz CT molecular complexity index is 1990. The van der Waals surface area contributed by atoms with Gasteiger partial charge >= 0.3 is 16.1 Å². The van der Waals surface area contributed by atoms with Crippen molar-refractivity contribution in [2.45, 2.75) is 48.7 Å². The molecule has 0 amide bonds. The number of fused-ring (bicyclic) bond motifs is 7. The first kappa shape index (κ1) is 29.9. The molecule has 0 spiro atoms. The number of methoxy groups -OCH3 is 1. The number of hydrogen-bond acceptors (Lipinski definition) is 17. The first-order valence-corrected chi connectivity index (χ1v) is 16.6. The number of ether oxygens (including phenoxy) is 2. The van der Waals surface area contributed by atoms with Crippen molar-refractivity contribution in [2.24, 2.45) is 11.8 Å². The number of nitrogen functional groups attached to an aromatic ring is 2. The maximum absolute atomic E-state index is 13.5. The van der Waals surface area contributed by atoms with Crippen LogP contribution in [-0.2, 0) is 42.2 Å². The van der Waals surface area contributed by atoms with Crippen LogP contribution < -0.4 is 17.0 Å². The van der Waals surface area contributed by atoms with Crippen LogP contribution in [0.2, 0.25) is 0 Å². The summed E-state index contributed by atoms with van der Waals surface area (Å²) in [5.74, 6) is -1.16. The average molecular weight is 681 g/mol. The maximum atomic E-state index is 13.5. The Hall–Kier alpha value is -3.49. The van der Waals surface area contributed by atoms with E-state index in [1.165, 1.54) is 30.7 Å². The Morgan fingerprint density at radius 2 is 1.96 bits per heavy atom. The molecule has 4 aromatic rings. The first-order chi connectivity index (χ1) is 22.0. The van der Waals surface area contributed by atoms with Gasteiger partial charge in [0, 0.05) is 17.6 Å². The molecule has 3 unspecified atom stereocenters. The van der Waals surface area contributed by atoms with Crippen molar-refractivity contribution >= 4 is 50.2 Å². The number of anilines is 2. The first-order valence-electron chi connectivity index (χ1n) is 14.0. The van der Waals surface area contributed by atoms with Gasteiger partial charge in [0.15, 0.2) is 28.9 Å². The molecule has 4 aromatic heterocycles. The van der Waals surface area contributed by atoms with E-state index in [1.54, 1.807) is 4.57 Å². The lowest BCUT2D eigenvalue weighted by Crippen LogP contribution is -2.40. The van der Waals surface area contributed by atoms with Crippen LogP contribution in [0.3, 0.4) is 0 Å². The molecule has 21 nitrogen and oxygen atoms in total. The Balaban J connectivity index is 1.13. The number of aromatic nitrogens is 8. The molecule has 2 bridgehead atoms. The molecule has 6 heterocycles. The lowest BCUT2D eigenvalue weighted by molar-refractivity contribution is -0.0582. The van der Waals surface area contributed by atoms with E-state index in [0.29, 0.717) is 17.6 Å². The zero-order valence-electron chi connectivity index (χ0n) is 23.7. The summed E-state index contributed by atoms with van der Waals surface area (Å²) >= 11 is 0. The number of aliphatic hydroxyl groups is 1. The number of phosphoric ester groups is 1. The van der Waals surface area contributed by atoms with Gasteiger partial charge in [0.1, 0.15) is 49.0 Å². The quantitative estimate of drug-likeness (QED) is 0.167. The third kappa shape index (κ3) is 4.43. The van der Waals surface area contributed by atoms with Gasteiger partial charge in [0.05, 0.1) is 24.8 Å². The zero-order valence-corrected chi connectivity index (χ0v) is 25.5. The summed E-state index contributed by atoms with van der Waals surface area (Å²) in [7, 11) is -6.45.